The van der Waals surface area contributed by atoms with Crippen molar-refractivity contribution in [3.63, 3.8) is 0 Å². The zero-order valence-electron chi connectivity index (χ0n) is 13.0. The molecule has 1 atom stereocenters. The fraction of sp³-hybridized carbons (Fsp3) is 0.688. The molecule has 4 rings (SSSR count). The minimum atomic E-state index is 0.0115. The number of imidazole rings is 1. The van der Waals surface area contributed by atoms with Gasteiger partial charge in [0.25, 0.3) is 5.91 Å². The highest BCUT2D eigenvalue weighted by atomic mass is 16.2. The van der Waals surface area contributed by atoms with Crippen molar-refractivity contribution in [3.8, 4) is 0 Å². The van der Waals surface area contributed by atoms with Crippen molar-refractivity contribution in [1.82, 2.24) is 19.4 Å². The van der Waals surface area contributed by atoms with Crippen LogP contribution < -0.4 is 0 Å². The molecule has 1 aromatic rings. The van der Waals surface area contributed by atoms with E-state index in [0.29, 0.717) is 31.1 Å². The largest absolute Gasteiger partial charge is 0.336 e. The van der Waals surface area contributed by atoms with Gasteiger partial charge in [0.1, 0.15) is 11.5 Å². The number of fused-ring (bicyclic) bond motifs is 1. The van der Waals surface area contributed by atoms with Gasteiger partial charge in [0, 0.05) is 45.2 Å². The maximum atomic E-state index is 12.5. The summed E-state index contributed by atoms with van der Waals surface area (Å²) >= 11 is 0. The Labute approximate surface area is 130 Å². The van der Waals surface area contributed by atoms with E-state index in [9.17, 15) is 9.59 Å². The van der Waals surface area contributed by atoms with Crippen LogP contribution in [-0.2, 0) is 17.8 Å². The number of nitrogens with zero attached hydrogens (tertiary/aromatic N) is 4. The SMILES string of the molecule is CC1CCc2nc(C(=O)N3CC(N4CCCC4=O)C3)cn2C1. The number of carbonyl (C=O) groups excluding carboxylic acids is 2. The lowest BCUT2D eigenvalue weighted by atomic mass is 10.0. The van der Waals surface area contributed by atoms with Gasteiger partial charge >= 0.3 is 0 Å². The zero-order chi connectivity index (χ0) is 15.3. The lowest BCUT2D eigenvalue weighted by molar-refractivity contribution is -0.132. The first kappa shape index (κ1) is 13.8. The molecule has 2 amide bonds. The van der Waals surface area contributed by atoms with Crippen molar-refractivity contribution in [2.75, 3.05) is 19.6 Å². The van der Waals surface area contributed by atoms with E-state index in [-0.39, 0.29) is 17.9 Å². The first-order valence-electron chi connectivity index (χ1n) is 8.26. The summed E-state index contributed by atoms with van der Waals surface area (Å²) in [6.07, 6.45) is 5.63. The normalized spacial score (nSPS) is 25.3. The summed E-state index contributed by atoms with van der Waals surface area (Å²) in [5.74, 6) is 1.94. The summed E-state index contributed by atoms with van der Waals surface area (Å²) < 4.78 is 2.13. The van der Waals surface area contributed by atoms with Gasteiger partial charge in [-0.1, -0.05) is 6.92 Å². The smallest absolute Gasteiger partial charge is 0.274 e. The Kier molecular flexibility index (Phi) is 3.20. The van der Waals surface area contributed by atoms with E-state index in [1.54, 1.807) is 0 Å². The molecule has 0 N–H and O–H groups in total. The molecule has 6 heteroatoms. The Morgan fingerprint density at radius 3 is 2.82 bits per heavy atom. The van der Waals surface area contributed by atoms with Crippen molar-refractivity contribution in [1.29, 1.82) is 0 Å². The van der Waals surface area contributed by atoms with Crippen LogP contribution in [0, 0.1) is 5.92 Å². The van der Waals surface area contributed by atoms with Crippen molar-refractivity contribution in [3.05, 3.63) is 17.7 Å². The minimum absolute atomic E-state index is 0.0115. The van der Waals surface area contributed by atoms with Crippen LogP contribution in [0.15, 0.2) is 6.20 Å². The highest BCUT2D eigenvalue weighted by Crippen LogP contribution is 2.24. The summed E-state index contributed by atoms with van der Waals surface area (Å²) in [6.45, 7) is 5.35. The van der Waals surface area contributed by atoms with Gasteiger partial charge in [-0.3, -0.25) is 9.59 Å². The van der Waals surface area contributed by atoms with Gasteiger partial charge in [-0.2, -0.15) is 0 Å². The number of hydrogen-bond donors (Lipinski definition) is 0. The molecular weight excluding hydrogens is 280 g/mol. The standard InChI is InChI=1S/C16H22N4O2/c1-11-4-5-14-17-13(10-18(14)7-11)16(22)19-8-12(9-19)20-6-2-3-15(20)21/h10-12H,2-9H2,1H3. The number of carbonyl (C=O) groups is 2. The van der Waals surface area contributed by atoms with E-state index < -0.39 is 0 Å². The summed E-state index contributed by atoms with van der Waals surface area (Å²) in [5, 5.41) is 0. The second-order valence-corrected chi connectivity index (χ2v) is 6.89. The molecule has 3 aliphatic rings. The van der Waals surface area contributed by atoms with Crippen molar-refractivity contribution >= 4 is 11.8 Å². The van der Waals surface area contributed by atoms with Crippen molar-refractivity contribution < 1.29 is 9.59 Å². The van der Waals surface area contributed by atoms with Crippen LogP contribution in [0.5, 0.6) is 0 Å². The van der Waals surface area contributed by atoms with Crippen LogP contribution in [0.2, 0.25) is 0 Å². The van der Waals surface area contributed by atoms with E-state index in [0.717, 1.165) is 38.2 Å². The van der Waals surface area contributed by atoms with Gasteiger partial charge < -0.3 is 14.4 Å². The zero-order valence-corrected chi connectivity index (χ0v) is 13.0. The van der Waals surface area contributed by atoms with Crippen LogP contribution in [0.3, 0.4) is 0 Å². The third-order valence-electron chi connectivity index (χ3n) is 5.15. The van der Waals surface area contributed by atoms with Gasteiger partial charge in [-0.25, -0.2) is 4.98 Å². The number of hydrogen-bond acceptors (Lipinski definition) is 3. The Balaban J connectivity index is 1.40. The number of aromatic nitrogens is 2. The van der Waals surface area contributed by atoms with Crippen LogP contribution in [-0.4, -0.2) is 56.8 Å². The average Bonchev–Trinajstić information content (AvgIpc) is 3.03. The molecule has 0 aliphatic carbocycles. The summed E-state index contributed by atoms with van der Waals surface area (Å²) in [6, 6.07) is 0.219. The second kappa shape index (κ2) is 5.11. The summed E-state index contributed by atoms with van der Waals surface area (Å²) in [7, 11) is 0. The van der Waals surface area contributed by atoms with Crippen molar-refractivity contribution in [2.24, 2.45) is 5.92 Å². The fourth-order valence-electron chi connectivity index (χ4n) is 3.75. The van der Waals surface area contributed by atoms with Crippen LogP contribution >= 0.6 is 0 Å². The first-order chi connectivity index (χ1) is 10.6. The van der Waals surface area contributed by atoms with Gasteiger partial charge in [0.05, 0.1) is 6.04 Å². The fourth-order valence-corrected chi connectivity index (χ4v) is 3.75. The molecule has 0 saturated carbocycles. The molecule has 2 saturated heterocycles. The Morgan fingerprint density at radius 2 is 2.09 bits per heavy atom. The molecule has 6 nitrogen and oxygen atoms in total. The van der Waals surface area contributed by atoms with Gasteiger partial charge in [-0.05, 0) is 18.8 Å². The second-order valence-electron chi connectivity index (χ2n) is 6.89. The topological polar surface area (TPSA) is 58.4 Å². The Hall–Kier alpha value is -1.85. The molecule has 0 radical (unpaired) electrons. The van der Waals surface area contributed by atoms with Gasteiger partial charge in [0.15, 0.2) is 0 Å². The quantitative estimate of drug-likeness (QED) is 0.816. The number of amides is 2. The highest BCUT2D eigenvalue weighted by Gasteiger charge is 2.39. The molecule has 0 bridgehead atoms. The number of rotatable bonds is 2. The molecule has 1 unspecified atom stereocenters. The van der Waals surface area contributed by atoms with Crippen molar-refractivity contribution in [2.45, 2.75) is 45.2 Å². The van der Waals surface area contributed by atoms with E-state index >= 15 is 0 Å². The molecule has 22 heavy (non-hydrogen) atoms. The molecule has 3 aliphatic heterocycles. The van der Waals surface area contributed by atoms with E-state index in [1.807, 2.05) is 16.0 Å². The molecule has 2 fully saturated rings. The molecule has 1 aromatic heterocycles. The van der Waals surface area contributed by atoms with Crippen LogP contribution in [0.4, 0.5) is 0 Å². The van der Waals surface area contributed by atoms with E-state index in [4.69, 9.17) is 0 Å². The van der Waals surface area contributed by atoms with Gasteiger partial charge in [-0.15, -0.1) is 0 Å². The van der Waals surface area contributed by atoms with Crippen LogP contribution in [0.1, 0.15) is 42.5 Å². The first-order valence-corrected chi connectivity index (χ1v) is 8.26. The lowest BCUT2D eigenvalue weighted by Crippen LogP contribution is -2.61. The maximum Gasteiger partial charge on any atom is 0.274 e. The van der Waals surface area contributed by atoms with Gasteiger partial charge in [0.2, 0.25) is 5.91 Å². The third-order valence-corrected chi connectivity index (χ3v) is 5.15. The summed E-state index contributed by atoms with van der Waals surface area (Å²) in [5.41, 5.74) is 0.565. The lowest BCUT2D eigenvalue weighted by Gasteiger charge is -2.43. The summed E-state index contributed by atoms with van der Waals surface area (Å²) in [4.78, 5) is 32.5. The number of aryl methyl sites for hydroxylation is 1. The molecule has 118 valence electrons. The average molecular weight is 302 g/mol. The third kappa shape index (κ3) is 2.21. The molecular formula is C16H22N4O2. The highest BCUT2D eigenvalue weighted by molar-refractivity contribution is 5.93. The van der Waals surface area contributed by atoms with E-state index in [1.165, 1.54) is 0 Å². The van der Waals surface area contributed by atoms with E-state index in [2.05, 4.69) is 16.5 Å². The Bertz CT molecular complexity index is 618. The predicted octanol–water partition coefficient (Wildman–Crippen LogP) is 0.912. The number of likely N-dealkylation sites (tertiary alicyclic amines) is 2. The molecule has 0 aromatic carbocycles. The van der Waals surface area contributed by atoms with Crippen LogP contribution in [0.25, 0.3) is 0 Å². The molecule has 4 heterocycles. The predicted molar refractivity (Wildman–Crippen MR) is 80.4 cm³/mol. The maximum absolute atomic E-state index is 12.5. The monoisotopic (exact) mass is 302 g/mol. The molecule has 0 spiro atoms. The Morgan fingerprint density at radius 1 is 1.27 bits per heavy atom. The minimum Gasteiger partial charge on any atom is -0.336 e.